The predicted octanol–water partition coefficient (Wildman–Crippen LogP) is 2.30. The number of benzene rings is 1. The van der Waals surface area contributed by atoms with E-state index in [2.05, 4.69) is 5.32 Å². The third kappa shape index (κ3) is 2.49. The van der Waals surface area contributed by atoms with Gasteiger partial charge in [-0.05, 0) is 49.4 Å². The summed E-state index contributed by atoms with van der Waals surface area (Å²) in [4.78, 5) is 0.446. The second-order valence-electron chi connectivity index (χ2n) is 5.15. The SMILES string of the molecule is NC(=S)c1ccc(NC2CCOC2C2CC2)cc1. The molecule has 1 aromatic rings. The van der Waals surface area contributed by atoms with E-state index >= 15 is 0 Å². The molecule has 2 aliphatic rings. The number of thiocarbonyl (C=S) groups is 1. The van der Waals surface area contributed by atoms with Crippen LogP contribution in [-0.2, 0) is 4.74 Å². The summed E-state index contributed by atoms with van der Waals surface area (Å²) in [7, 11) is 0. The Morgan fingerprint density at radius 2 is 1.94 bits per heavy atom. The van der Waals surface area contributed by atoms with Gasteiger partial charge in [-0.1, -0.05) is 12.2 Å². The Morgan fingerprint density at radius 1 is 1.22 bits per heavy atom. The second kappa shape index (κ2) is 4.86. The van der Waals surface area contributed by atoms with E-state index < -0.39 is 0 Å². The molecule has 1 aliphatic carbocycles. The van der Waals surface area contributed by atoms with Gasteiger partial charge in [0.05, 0.1) is 12.1 Å². The quantitative estimate of drug-likeness (QED) is 0.817. The molecule has 0 radical (unpaired) electrons. The maximum Gasteiger partial charge on any atom is 0.103 e. The number of ether oxygens (including phenoxy) is 1. The lowest BCUT2D eigenvalue weighted by Gasteiger charge is -2.20. The first kappa shape index (κ1) is 11.9. The molecule has 18 heavy (non-hydrogen) atoms. The molecule has 4 heteroatoms. The van der Waals surface area contributed by atoms with E-state index in [4.69, 9.17) is 22.7 Å². The maximum atomic E-state index is 5.82. The third-order valence-corrected chi connectivity index (χ3v) is 3.98. The van der Waals surface area contributed by atoms with E-state index in [9.17, 15) is 0 Å². The fraction of sp³-hybridized carbons (Fsp3) is 0.500. The molecule has 96 valence electrons. The number of hydrogen-bond acceptors (Lipinski definition) is 3. The molecule has 2 unspecified atom stereocenters. The minimum Gasteiger partial charge on any atom is -0.389 e. The van der Waals surface area contributed by atoms with Crippen molar-refractivity contribution in [2.75, 3.05) is 11.9 Å². The summed E-state index contributed by atoms with van der Waals surface area (Å²) in [6, 6.07) is 8.46. The lowest BCUT2D eigenvalue weighted by molar-refractivity contribution is 0.0898. The molecule has 3 rings (SSSR count). The van der Waals surface area contributed by atoms with Crippen molar-refractivity contribution in [1.29, 1.82) is 0 Å². The van der Waals surface area contributed by atoms with Gasteiger partial charge in [0.25, 0.3) is 0 Å². The van der Waals surface area contributed by atoms with Crippen molar-refractivity contribution in [2.45, 2.75) is 31.4 Å². The predicted molar refractivity (Wildman–Crippen MR) is 76.8 cm³/mol. The average Bonchev–Trinajstić information content (AvgIpc) is 3.11. The van der Waals surface area contributed by atoms with Crippen LogP contribution in [0.15, 0.2) is 24.3 Å². The van der Waals surface area contributed by atoms with Crippen LogP contribution >= 0.6 is 12.2 Å². The van der Waals surface area contributed by atoms with Crippen molar-refractivity contribution in [3.8, 4) is 0 Å². The van der Waals surface area contributed by atoms with Crippen molar-refractivity contribution in [1.82, 2.24) is 0 Å². The summed E-state index contributed by atoms with van der Waals surface area (Å²) >= 11 is 4.95. The summed E-state index contributed by atoms with van der Waals surface area (Å²) in [6.45, 7) is 0.879. The number of hydrogen-bond donors (Lipinski definition) is 2. The zero-order valence-electron chi connectivity index (χ0n) is 10.3. The molecule has 0 amide bonds. The van der Waals surface area contributed by atoms with E-state index in [0.717, 1.165) is 30.2 Å². The van der Waals surface area contributed by atoms with Crippen LogP contribution in [0.5, 0.6) is 0 Å². The van der Waals surface area contributed by atoms with E-state index in [1.165, 1.54) is 12.8 Å². The lowest BCUT2D eigenvalue weighted by Crippen LogP contribution is -2.30. The Hall–Kier alpha value is -1.13. The largest absolute Gasteiger partial charge is 0.389 e. The first-order valence-corrected chi connectivity index (χ1v) is 6.93. The van der Waals surface area contributed by atoms with Crippen LogP contribution in [0.4, 0.5) is 5.69 Å². The summed E-state index contributed by atoms with van der Waals surface area (Å²) in [6.07, 6.45) is 4.14. The highest BCUT2D eigenvalue weighted by atomic mass is 32.1. The Bertz CT molecular complexity index is 442. The lowest BCUT2D eigenvalue weighted by atomic mass is 10.1. The molecule has 1 saturated carbocycles. The van der Waals surface area contributed by atoms with Crippen molar-refractivity contribution in [3.05, 3.63) is 29.8 Å². The normalized spacial score (nSPS) is 27.1. The Kier molecular flexibility index (Phi) is 3.22. The first-order chi connectivity index (χ1) is 8.74. The van der Waals surface area contributed by atoms with Gasteiger partial charge in [-0.3, -0.25) is 0 Å². The highest BCUT2D eigenvalue weighted by Crippen LogP contribution is 2.39. The van der Waals surface area contributed by atoms with E-state index in [-0.39, 0.29) is 0 Å². The Balaban J connectivity index is 1.66. The van der Waals surface area contributed by atoms with Gasteiger partial charge in [-0.2, -0.15) is 0 Å². The number of nitrogens with one attached hydrogen (secondary N) is 1. The summed E-state index contributed by atoms with van der Waals surface area (Å²) in [5.41, 5.74) is 7.62. The number of rotatable bonds is 4. The molecule has 0 bridgehead atoms. The molecule has 0 aromatic heterocycles. The van der Waals surface area contributed by atoms with Gasteiger partial charge >= 0.3 is 0 Å². The third-order valence-electron chi connectivity index (χ3n) is 3.74. The second-order valence-corrected chi connectivity index (χ2v) is 5.59. The van der Waals surface area contributed by atoms with Crippen LogP contribution in [0.2, 0.25) is 0 Å². The molecule has 1 heterocycles. The van der Waals surface area contributed by atoms with E-state index in [0.29, 0.717) is 17.1 Å². The van der Waals surface area contributed by atoms with Gasteiger partial charge in [0.1, 0.15) is 4.99 Å². The Morgan fingerprint density at radius 3 is 2.56 bits per heavy atom. The highest BCUT2D eigenvalue weighted by molar-refractivity contribution is 7.80. The van der Waals surface area contributed by atoms with Crippen LogP contribution < -0.4 is 11.1 Å². The minimum atomic E-state index is 0.403. The smallest absolute Gasteiger partial charge is 0.103 e. The fourth-order valence-electron chi connectivity index (χ4n) is 2.60. The van der Waals surface area contributed by atoms with Crippen molar-refractivity contribution < 1.29 is 4.74 Å². The molecular weight excluding hydrogens is 244 g/mol. The first-order valence-electron chi connectivity index (χ1n) is 6.52. The standard InChI is InChI=1S/C14H18N2OS/c15-14(18)10-3-5-11(6-4-10)16-12-7-8-17-13(12)9-1-2-9/h3-6,9,12-13,16H,1-2,7-8H2,(H2,15,18). The molecule has 1 aromatic carbocycles. The van der Waals surface area contributed by atoms with Crippen LogP contribution in [0.1, 0.15) is 24.8 Å². The molecule has 0 spiro atoms. The van der Waals surface area contributed by atoms with Crippen molar-refractivity contribution in [3.63, 3.8) is 0 Å². The molecule has 1 aliphatic heterocycles. The minimum absolute atomic E-state index is 0.403. The van der Waals surface area contributed by atoms with E-state index in [1.54, 1.807) is 0 Å². The van der Waals surface area contributed by atoms with Crippen molar-refractivity contribution >= 4 is 22.9 Å². The fourth-order valence-corrected chi connectivity index (χ4v) is 2.74. The molecule has 1 saturated heterocycles. The van der Waals surface area contributed by atoms with Crippen LogP contribution in [-0.4, -0.2) is 23.7 Å². The number of anilines is 1. The average molecular weight is 262 g/mol. The highest BCUT2D eigenvalue weighted by Gasteiger charge is 2.40. The topological polar surface area (TPSA) is 47.3 Å². The molecule has 2 fully saturated rings. The van der Waals surface area contributed by atoms with Crippen LogP contribution in [0.25, 0.3) is 0 Å². The van der Waals surface area contributed by atoms with Gasteiger partial charge in [0.2, 0.25) is 0 Å². The zero-order valence-corrected chi connectivity index (χ0v) is 11.1. The van der Waals surface area contributed by atoms with Gasteiger partial charge in [0.15, 0.2) is 0 Å². The molecular formula is C14H18N2OS. The molecule has 3 nitrogen and oxygen atoms in total. The van der Waals surface area contributed by atoms with Crippen molar-refractivity contribution in [2.24, 2.45) is 11.7 Å². The number of nitrogens with two attached hydrogens (primary N) is 1. The van der Waals surface area contributed by atoms with Crippen LogP contribution in [0.3, 0.4) is 0 Å². The summed E-state index contributed by atoms with van der Waals surface area (Å²) in [5, 5.41) is 3.57. The Labute approximate surface area is 113 Å². The zero-order chi connectivity index (χ0) is 12.5. The van der Waals surface area contributed by atoms with Crippen LogP contribution in [0, 0.1) is 5.92 Å². The van der Waals surface area contributed by atoms with Gasteiger partial charge < -0.3 is 15.8 Å². The summed E-state index contributed by atoms with van der Waals surface area (Å²) in [5.74, 6) is 0.779. The molecule has 2 atom stereocenters. The van der Waals surface area contributed by atoms with E-state index in [1.807, 2.05) is 24.3 Å². The maximum absolute atomic E-state index is 5.82. The van der Waals surface area contributed by atoms with Gasteiger partial charge in [-0.25, -0.2) is 0 Å². The monoisotopic (exact) mass is 262 g/mol. The van der Waals surface area contributed by atoms with Gasteiger partial charge in [0, 0.05) is 17.9 Å². The summed E-state index contributed by atoms with van der Waals surface area (Å²) < 4.78 is 5.82. The van der Waals surface area contributed by atoms with Gasteiger partial charge in [-0.15, -0.1) is 0 Å². The molecule has 3 N–H and O–H groups in total.